The number of benzene rings is 1. The average molecular weight is 341 g/mol. The number of aromatic nitrogens is 2. The Bertz CT molecular complexity index is 598. The lowest BCUT2D eigenvalue weighted by molar-refractivity contribution is 0.181. The molecule has 2 aromatic rings. The third kappa shape index (κ3) is 4.49. The van der Waals surface area contributed by atoms with Gasteiger partial charge in [0.1, 0.15) is 5.82 Å². The van der Waals surface area contributed by atoms with Gasteiger partial charge in [0.05, 0.1) is 18.1 Å². The first-order valence-electron chi connectivity index (χ1n) is 5.64. The highest BCUT2D eigenvalue weighted by atomic mass is 79.9. The summed E-state index contributed by atoms with van der Waals surface area (Å²) in [5.74, 6) is 1.28. The molecule has 0 saturated carbocycles. The topological polar surface area (TPSA) is 55.0 Å². The van der Waals surface area contributed by atoms with Crippen LogP contribution < -0.4 is 5.56 Å². The van der Waals surface area contributed by atoms with E-state index in [2.05, 4.69) is 25.9 Å². The number of H-pyrrole nitrogens is 1. The van der Waals surface area contributed by atoms with Crippen LogP contribution in [0, 0.1) is 0 Å². The van der Waals surface area contributed by atoms with Crippen molar-refractivity contribution in [2.24, 2.45) is 0 Å². The number of halogens is 1. The van der Waals surface area contributed by atoms with Gasteiger partial charge in [-0.25, -0.2) is 4.98 Å². The molecule has 0 aliphatic heterocycles. The first-order valence-corrected chi connectivity index (χ1v) is 7.41. The fourth-order valence-corrected chi connectivity index (χ4v) is 2.57. The Morgan fingerprint density at radius 2 is 2.11 bits per heavy atom. The maximum absolute atomic E-state index is 11.5. The molecule has 4 nitrogen and oxygen atoms in total. The Hall–Kier alpha value is -1.11. The Balaban J connectivity index is 2.06. The molecule has 0 bridgehead atoms. The van der Waals surface area contributed by atoms with Crippen molar-refractivity contribution in [1.82, 2.24) is 9.97 Å². The molecule has 1 heterocycles. The Labute approximate surface area is 123 Å². The van der Waals surface area contributed by atoms with Gasteiger partial charge in [0.2, 0.25) is 0 Å². The summed E-state index contributed by atoms with van der Waals surface area (Å²) in [4.78, 5) is 19.7. The average Bonchev–Trinajstić information content (AvgIpc) is 2.38. The highest BCUT2D eigenvalue weighted by molar-refractivity contribution is 9.10. The number of hydrogen-bond acceptors (Lipinski definition) is 4. The van der Waals surface area contributed by atoms with Crippen LogP contribution in [-0.4, -0.2) is 17.1 Å². The molecule has 0 fully saturated rings. The van der Waals surface area contributed by atoms with Crippen LogP contribution in [0.25, 0.3) is 0 Å². The summed E-state index contributed by atoms with van der Waals surface area (Å²) < 4.78 is 6.03. The van der Waals surface area contributed by atoms with E-state index in [0.29, 0.717) is 23.9 Å². The molecule has 0 aliphatic carbocycles. The van der Waals surface area contributed by atoms with Gasteiger partial charge in [-0.2, -0.15) is 0 Å². The molecule has 6 heteroatoms. The van der Waals surface area contributed by atoms with Gasteiger partial charge >= 0.3 is 0 Å². The van der Waals surface area contributed by atoms with Crippen molar-refractivity contribution in [3.05, 3.63) is 56.7 Å². The summed E-state index contributed by atoms with van der Waals surface area (Å²) >= 11 is 5.02. The normalized spacial score (nSPS) is 10.6. The molecule has 0 radical (unpaired) electrons. The Morgan fingerprint density at radius 3 is 2.79 bits per heavy atom. The van der Waals surface area contributed by atoms with Crippen LogP contribution in [0.2, 0.25) is 0 Å². The number of nitrogens with zero attached hydrogens (tertiary/aromatic N) is 1. The van der Waals surface area contributed by atoms with Crippen molar-refractivity contribution in [3.63, 3.8) is 0 Å². The van der Waals surface area contributed by atoms with E-state index in [1.165, 1.54) is 6.07 Å². The third-order valence-corrected chi connectivity index (χ3v) is 3.88. The maximum atomic E-state index is 11.5. The van der Waals surface area contributed by atoms with E-state index in [1.807, 2.05) is 24.3 Å². The zero-order valence-corrected chi connectivity index (χ0v) is 12.8. The minimum absolute atomic E-state index is 0.145. The molecule has 100 valence electrons. The van der Waals surface area contributed by atoms with Gasteiger partial charge in [0, 0.05) is 22.5 Å². The predicted molar refractivity (Wildman–Crippen MR) is 79.3 cm³/mol. The molecule has 1 aromatic heterocycles. The van der Waals surface area contributed by atoms with Gasteiger partial charge in [0.25, 0.3) is 5.56 Å². The van der Waals surface area contributed by atoms with E-state index in [4.69, 9.17) is 4.74 Å². The molecule has 0 aliphatic rings. The van der Waals surface area contributed by atoms with Gasteiger partial charge in [-0.3, -0.25) is 4.79 Å². The molecule has 0 unspecified atom stereocenters. The van der Waals surface area contributed by atoms with Crippen LogP contribution in [0.3, 0.4) is 0 Å². The lowest BCUT2D eigenvalue weighted by atomic mass is 10.4. The zero-order valence-electron chi connectivity index (χ0n) is 10.4. The molecule has 0 atom stereocenters. The molecule has 19 heavy (non-hydrogen) atoms. The molecule has 1 N–H and O–H groups in total. The van der Waals surface area contributed by atoms with Gasteiger partial charge in [-0.1, -0.05) is 15.9 Å². The molecular formula is C13H13BrN2O2S. The van der Waals surface area contributed by atoms with E-state index < -0.39 is 0 Å². The van der Waals surface area contributed by atoms with Crippen LogP contribution in [0.4, 0.5) is 0 Å². The second-order valence-electron chi connectivity index (χ2n) is 3.86. The highest BCUT2D eigenvalue weighted by Gasteiger charge is 2.02. The summed E-state index contributed by atoms with van der Waals surface area (Å²) in [6.45, 7) is 0.347. The lowest BCUT2D eigenvalue weighted by Crippen LogP contribution is -2.12. The Kier molecular flexibility index (Phi) is 5.18. The third-order valence-electron chi connectivity index (χ3n) is 2.33. The molecule has 2 rings (SSSR count). The van der Waals surface area contributed by atoms with Crippen molar-refractivity contribution < 1.29 is 4.74 Å². The monoisotopic (exact) mass is 340 g/mol. The van der Waals surface area contributed by atoms with Gasteiger partial charge in [-0.05, 0) is 24.3 Å². The first kappa shape index (κ1) is 14.3. The summed E-state index contributed by atoms with van der Waals surface area (Å²) in [6, 6.07) is 9.47. The van der Waals surface area contributed by atoms with E-state index in [-0.39, 0.29) is 5.56 Å². The quantitative estimate of drug-likeness (QED) is 0.850. The van der Waals surface area contributed by atoms with E-state index in [9.17, 15) is 4.79 Å². The molecular weight excluding hydrogens is 328 g/mol. The number of aromatic amines is 1. The predicted octanol–water partition coefficient (Wildman–Crippen LogP) is 2.97. The van der Waals surface area contributed by atoms with Gasteiger partial charge in [0.15, 0.2) is 0 Å². The number of nitrogens with one attached hydrogen (secondary N) is 1. The summed E-state index contributed by atoms with van der Waals surface area (Å²) in [6.07, 6.45) is 0. The fourth-order valence-electron chi connectivity index (χ4n) is 1.54. The van der Waals surface area contributed by atoms with Crippen LogP contribution in [0.1, 0.15) is 11.5 Å². The Morgan fingerprint density at radius 1 is 1.37 bits per heavy atom. The summed E-state index contributed by atoms with van der Waals surface area (Å²) in [7, 11) is 1.58. The van der Waals surface area contributed by atoms with Crippen LogP contribution in [0.5, 0.6) is 0 Å². The van der Waals surface area contributed by atoms with Crippen molar-refractivity contribution >= 4 is 27.7 Å². The number of methoxy groups -OCH3 is 1. The maximum Gasteiger partial charge on any atom is 0.251 e. The number of thioether (sulfide) groups is 1. The summed E-state index contributed by atoms with van der Waals surface area (Å²) in [5, 5.41) is 0. The van der Waals surface area contributed by atoms with Crippen molar-refractivity contribution in [2.45, 2.75) is 17.3 Å². The second-order valence-corrected chi connectivity index (χ2v) is 5.82. The van der Waals surface area contributed by atoms with Crippen LogP contribution in [0.15, 0.2) is 44.5 Å². The molecule has 0 saturated heterocycles. The summed E-state index contributed by atoms with van der Waals surface area (Å²) in [5.41, 5.74) is 0.506. The SMILES string of the molecule is COCc1cc(=O)[nH]c(CSc2ccc(Br)cc2)n1. The van der Waals surface area contributed by atoms with E-state index in [1.54, 1.807) is 18.9 Å². The van der Waals surface area contributed by atoms with Crippen molar-refractivity contribution in [1.29, 1.82) is 0 Å². The van der Waals surface area contributed by atoms with Crippen LogP contribution in [-0.2, 0) is 17.1 Å². The molecule has 0 amide bonds. The van der Waals surface area contributed by atoms with E-state index >= 15 is 0 Å². The van der Waals surface area contributed by atoms with Gasteiger partial charge in [-0.15, -0.1) is 11.8 Å². The highest BCUT2D eigenvalue weighted by Crippen LogP contribution is 2.22. The number of rotatable bonds is 5. The molecule has 0 spiro atoms. The zero-order chi connectivity index (χ0) is 13.7. The number of ether oxygens (including phenoxy) is 1. The second kappa shape index (κ2) is 6.88. The fraction of sp³-hybridized carbons (Fsp3) is 0.231. The van der Waals surface area contributed by atoms with Crippen molar-refractivity contribution in [2.75, 3.05) is 7.11 Å². The smallest absolute Gasteiger partial charge is 0.251 e. The standard InChI is InChI=1S/C13H13BrN2O2S/c1-18-7-10-6-13(17)16-12(15-10)8-19-11-4-2-9(14)3-5-11/h2-6H,7-8H2,1H3,(H,15,16,17). The largest absolute Gasteiger partial charge is 0.378 e. The van der Waals surface area contributed by atoms with E-state index in [0.717, 1.165) is 9.37 Å². The minimum Gasteiger partial charge on any atom is -0.378 e. The van der Waals surface area contributed by atoms with Crippen LogP contribution >= 0.6 is 27.7 Å². The minimum atomic E-state index is -0.145. The first-order chi connectivity index (χ1) is 9.17. The molecule has 1 aromatic carbocycles. The number of hydrogen-bond donors (Lipinski definition) is 1. The van der Waals surface area contributed by atoms with Crippen molar-refractivity contribution in [3.8, 4) is 0 Å². The lowest BCUT2D eigenvalue weighted by Gasteiger charge is -2.04. The van der Waals surface area contributed by atoms with Gasteiger partial charge < -0.3 is 9.72 Å².